The molecule has 2 nitrogen and oxygen atoms in total. The molecule has 1 aromatic carbocycles. The molecule has 3 N–H and O–H groups in total. The van der Waals surface area contributed by atoms with Crippen molar-refractivity contribution in [3.63, 3.8) is 0 Å². The topological polar surface area (TPSA) is 46.2 Å². The summed E-state index contributed by atoms with van der Waals surface area (Å²) in [6, 6.07) is 7.64. The maximum absolute atomic E-state index is 9.29. The van der Waals surface area contributed by atoms with E-state index in [1.807, 2.05) is 12.1 Å². The summed E-state index contributed by atoms with van der Waals surface area (Å²) in [7, 11) is 0. The quantitative estimate of drug-likeness (QED) is 0.712. The zero-order valence-corrected chi connectivity index (χ0v) is 8.11. The Hall–Kier alpha value is -1.28. The first kappa shape index (κ1) is 9.28. The molecule has 1 saturated carbocycles. The molecule has 1 aliphatic rings. The van der Waals surface area contributed by atoms with Gasteiger partial charge in [0.05, 0.1) is 0 Å². The molecule has 2 heteroatoms. The zero-order chi connectivity index (χ0) is 9.97. The van der Waals surface area contributed by atoms with E-state index >= 15 is 0 Å². The molecule has 0 radical (unpaired) electrons. The van der Waals surface area contributed by atoms with Gasteiger partial charge >= 0.3 is 0 Å². The molecule has 0 amide bonds. The fraction of sp³-hybridized carbons (Fsp3) is 0.333. The Kier molecular flexibility index (Phi) is 2.55. The second-order valence-electron chi connectivity index (χ2n) is 3.90. The number of aromatic hydroxyl groups is 1. The van der Waals surface area contributed by atoms with E-state index in [1.165, 1.54) is 5.57 Å². The Morgan fingerprint density at radius 3 is 2.93 bits per heavy atom. The van der Waals surface area contributed by atoms with Crippen molar-refractivity contribution in [2.24, 2.45) is 5.73 Å². The van der Waals surface area contributed by atoms with Crippen molar-refractivity contribution in [1.29, 1.82) is 0 Å². The van der Waals surface area contributed by atoms with Crippen LogP contribution in [-0.2, 0) is 0 Å². The van der Waals surface area contributed by atoms with Crippen LogP contribution < -0.4 is 5.73 Å². The maximum Gasteiger partial charge on any atom is 0.116 e. The fourth-order valence-corrected chi connectivity index (χ4v) is 1.89. The molecule has 0 aromatic heterocycles. The molecule has 0 saturated heterocycles. The van der Waals surface area contributed by atoms with E-state index in [0.717, 1.165) is 24.8 Å². The van der Waals surface area contributed by atoms with Crippen LogP contribution in [0.25, 0.3) is 6.08 Å². The standard InChI is InChI=1S/C12H15NO/c13-11-5-4-10(7-11)6-9-2-1-3-12(14)8-9/h1-3,6,8,11,14H,4-5,7,13H2. The van der Waals surface area contributed by atoms with E-state index in [2.05, 4.69) is 6.08 Å². The Morgan fingerprint density at radius 1 is 1.43 bits per heavy atom. The van der Waals surface area contributed by atoms with Gasteiger partial charge in [-0.05, 0) is 37.0 Å². The smallest absolute Gasteiger partial charge is 0.116 e. The second-order valence-corrected chi connectivity index (χ2v) is 3.90. The summed E-state index contributed by atoms with van der Waals surface area (Å²) in [6.45, 7) is 0. The van der Waals surface area contributed by atoms with Gasteiger partial charge in [0, 0.05) is 6.04 Å². The van der Waals surface area contributed by atoms with Gasteiger partial charge in [-0.1, -0.05) is 23.8 Å². The predicted octanol–water partition coefficient (Wildman–Crippen LogP) is 2.29. The van der Waals surface area contributed by atoms with E-state index < -0.39 is 0 Å². The highest BCUT2D eigenvalue weighted by Crippen LogP contribution is 2.26. The minimum Gasteiger partial charge on any atom is -0.508 e. The predicted molar refractivity (Wildman–Crippen MR) is 57.9 cm³/mol. The molecule has 0 heterocycles. The number of phenols is 1. The summed E-state index contributed by atoms with van der Waals surface area (Å²) in [5.41, 5.74) is 8.27. The van der Waals surface area contributed by atoms with E-state index in [0.29, 0.717) is 11.8 Å². The molecule has 0 spiro atoms. The normalized spacial score (nSPS) is 24.4. The van der Waals surface area contributed by atoms with Gasteiger partial charge in [-0.15, -0.1) is 0 Å². The molecule has 1 aromatic rings. The second kappa shape index (κ2) is 3.84. The third-order valence-electron chi connectivity index (χ3n) is 2.60. The van der Waals surface area contributed by atoms with Crippen LogP contribution in [0.2, 0.25) is 0 Å². The van der Waals surface area contributed by atoms with E-state index in [9.17, 15) is 5.11 Å². The van der Waals surface area contributed by atoms with Crippen molar-refractivity contribution in [3.8, 4) is 5.75 Å². The molecule has 1 fully saturated rings. The zero-order valence-electron chi connectivity index (χ0n) is 8.11. The molecule has 74 valence electrons. The largest absolute Gasteiger partial charge is 0.508 e. The van der Waals surface area contributed by atoms with Crippen LogP contribution in [-0.4, -0.2) is 11.1 Å². The number of benzene rings is 1. The van der Waals surface area contributed by atoms with Crippen LogP contribution in [0.15, 0.2) is 29.8 Å². The van der Waals surface area contributed by atoms with Gasteiger partial charge in [0.25, 0.3) is 0 Å². The van der Waals surface area contributed by atoms with Crippen molar-refractivity contribution in [2.45, 2.75) is 25.3 Å². The Labute approximate surface area is 84.1 Å². The summed E-state index contributed by atoms with van der Waals surface area (Å²) in [5, 5.41) is 9.29. The number of hydrogen-bond acceptors (Lipinski definition) is 2. The lowest BCUT2D eigenvalue weighted by molar-refractivity contribution is 0.475. The van der Waals surface area contributed by atoms with Crippen molar-refractivity contribution < 1.29 is 5.11 Å². The van der Waals surface area contributed by atoms with Gasteiger partial charge in [0.15, 0.2) is 0 Å². The van der Waals surface area contributed by atoms with Gasteiger partial charge in [0.2, 0.25) is 0 Å². The molecular weight excluding hydrogens is 174 g/mol. The minimum absolute atomic E-state index is 0.321. The van der Waals surface area contributed by atoms with Crippen LogP contribution in [0.5, 0.6) is 5.75 Å². The number of rotatable bonds is 1. The third kappa shape index (κ3) is 2.15. The van der Waals surface area contributed by atoms with E-state index in [1.54, 1.807) is 12.1 Å². The highest BCUT2D eigenvalue weighted by molar-refractivity contribution is 5.55. The average molecular weight is 189 g/mol. The average Bonchev–Trinajstić information content (AvgIpc) is 2.51. The van der Waals surface area contributed by atoms with Gasteiger partial charge in [-0.25, -0.2) is 0 Å². The summed E-state index contributed by atoms with van der Waals surface area (Å²) in [5.74, 6) is 0.321. The SMILES string of the molecule is NC1CCC(=Cc2cccc(O)c2)C1. The van der Waals surface area contributed by atoms with Crippen LogP contribution in [0.4, 0.5) is 0 Å². The van der Waals surface area contributed by atoms with Crippen molar-refractivity contribution >= 4 is 6.08 Å². The lowest BCUT2D eigenvalue weighted by Gasteiger charge is -1.99. The summed E-state index contributed by atoms with van der Waals surface area (Å²) >= 11 is 0. The van der Waals surface area contributed by atoms with Gasteiger partial charge < -0.3 is 10.8 Å². The number of nitrogens with two attached hydrogens (primary N) is 1. The van der Waals surface area contributed by atoms with E-state index in [4.69, 9.17) is 5.73 Å². The third-order valence-corrected chi connectivity index (χ3v) is 2.60. The van der Waals surface area contributed by atoms with E-state index in [-0.39, 0.29) is 0 Å². The molecule has 1 aliphatic carbocycles. The Morgan fingerprint density at radius 2 is 2.29 bits per heavy atom. The van der Waals surface area contributed by atoms with Crippen molar-refractivity contribution in [1.82, 2.24) is 0 Å². The summed E-state index contributed by atoms with van der Waals surface area (Å²) in [4.78, 5) is 0. The molecule has 14 heavy (non-hydrogen) atoms. The van der Waals surface area contributed by atoms with Gasteiger partial charge in [-0.3, -0.25) is 0 Å². The molecule has 2 rings (SSSR count). The summed E-state index contributed by atoms with van der Waals surface area (Å²) < 4.78 is 0. The van der Waals surface area contributed by atoms with Crippen LogP contribution in [0.1, 0.15) is 24.8 Å². The highest BCUT2D eigenvalue weighted by atomic mass is 16.3. The molecule has 1 unspecified atom stereocenters. The monoisotopic (exact) mass is 189 g/mol. The lowest BCUT2D eigenvalue weighted by atomic mass is 10.1. The first-order chi connectivity index (χ1) is 6.74. The molecule has 0 bridgehead atoms. The number of hydrogen-bond donors (Lipinski definition) is 2. The first-order valence-electron chi connectivity index (χ1n) is 4.98. The number of phenolic OH excluding ortho intramolecular Hbond substituents is 1. The van der Waals surface area contributed by atoms with Gasteiger partial charge in [-0.2, -0.15) is 0 Å². The molecule has 1 atom stereocenters. The van der Waals surface area contributed by atoms with Gasteiger partial charge in [0.1, 0.15) is 5.75 Å². The van der Waals surface area contributed by atoms with Crippen LogP contribution >= 0.6 is 0 Å². The van der Waals surface area contributed by atoms with Crippen molar-refractivity contribution in [3.05, 3.63) is 35.4 Å². The van der Waals surface area contributed by atoms with Crippen molar-refractivity contribution in [2.75, 3.05) is 0 Å². The summed E-state index contributed by atoms with van der Waals surface area (Å²) in [6.07, 6.45) is 5.31. The van der Waals surface area contributed by atoms with Crippen LogP contribution in [0, 0.1) is 0 Å². The Balaban J connectivity index is 2.17. The van der Waals surface area contributed by atoms with Crippen LogP contribution in [0.3, 0.4) is 0 Å². The fourth-order valence-electron chi connectivity index (χ4n) is 1.89. The maximum atomic E-state index is 9.29. The lowest BCUT2D eigenvalue weighted by Crippen LogP contribution is -2.13. The minimum atomic E-state index is 0.321. The Bertz CT molecular complexity index is 357. The molecule has 0 aliphatic heterocycles. The highest BCUT2D eigenvalue weighted by Gasteiger charge is 2.14. The first-order valence-corrected chi connectivity index (χ1v) is 4.98. The molecular formula is C12H15NO.